The van der Waals surface area contributed by atoms with Crippen molar-refractivity contribution in [3.05, 3.63) is 0 Å². The lowest BCUT2D eigenvalue weighted by Crippen LogP contribution is -2.31. The Kier molecular flexibility index (Phi) is 11.7. The van der Waals surface area contributed by atoms with Gasteiger partial charge in [-0.2, -0.15) is 0 Å². The van der Waals surface area contributed by atoms with Gasteiger partial charge >= 0.3 is 17.9 Å². The maximum atomic E-state index is 11.8. The molecule has 7 heteroatoms. The van der Waals surface area contributed by atoms with Gasteiger partial charge in [0.05, 0.1) is 18.9 Å². The number of aliphatic hydroxyl groups is 1. The third-order valence-corrected chi connectivity index (χ3v) is 4.77. The van der Waals surface area contributed by atoms with E-state index in [1.165, 1.54) is 0 Å². The van der Waals surface area contributed by atoms with Crippen molar-refractivity contribution in [1.29, 1.82) is 0 Å². The third-order valence-electron chi connectivity index (χ3n) is 4.77. The lowest BCUT2D eigenvalue weighted by molar-refractivity contribution is -0.163. The molecule has 27 heavy (non-hydrogen) atoms. The molecule has 1 heterocycles. The minimum absolute atomic E-state index is 0.168. The highest BCUT2D eigenvalue weighted by Crippen LogP contribution is 2.24. The maximum absolute atomic E-state index is 11.8. The fourth-order valence-electron chi connectivity index (χ4n) is 3.24. The number of aliphatic carboxylic acids is 1. The van der Waals surface area contributed by atoms with Crippen molar-refractivity contribution >= 4 is 17.9 Å². The van der Waals surface area contributed by atoms with Gasteiger partial charge in [0, 0.05) is 6.42 Å². The molecule has 0 radical (unpaired) electrons. The zero-order valence-corrected chi connectivity index (χ0v) is 16.4. The van der Waals surface area contributed by atoms with Crippen molar-refractivity contribution < 1.29 is 34.1 Å². The van der Waals surface area contributed by atoms with Gasteiger partial charge in [0.25, 0.3) is 0 Å². The average Bonchev–Trinajstić information content (AvgIpc) is 3.03. The summed E-state index contributed by atoms with van der Waals surface area (Å²) in [5.41, 5.74) is 0. The third kappa shape index (κ3) is 11.6. The highest BCUT2D eigenvalue weighted by Gasteiger charge is 2.33. The SMILES string of the molecule is C[C@@H](O)CCCCCCCCC[C@H](OC(=O)CCC(=O)O)[C@H]1CCC(=O)O1. The summed E-state index contributed by atoms with van der Waals surface area (Å²) in [6, 6.07) is 0. The number of carbonyl (C=O) groups is 3. The molecule has 156 valence electrons. The van der Waals surface area contributed by atoms with Crippen LogP contribution < -0.4 is 0 Å². The Labute approximate surface area is 161 Å². The molecule has 1 fully saturated rings. The molecule has 3 atom stereocenters. The van der Waals surface area contributed by atoms with E-state index in [1.807, 2.05) is 6.92 Å². The molecule has 1 saturated heterocycles. The van der Waals surface area contributed by atoms with E-state index in [2.05, 4.69) is 0 Å². The second kappa shape index (κ2) is 13.5. The van der Waals surface area contributed by atoms with Crippen LogP contribution in [-0.2, 0) is 23.9 Å². The van der Waals surface area contributed by atoms with Crippen molar-refractivity contribution in [1.82, 2.24) is 0 Å². The number of aliphatic hydroxyl groups excluding tert-OH is 1. The number of carbonyl (C=O) groups excluding carboxylic acids is 2. The Bertz CT molecular complexity index is 461. The van der Waals surface area contributed by atoms with Gasteiger partial charge in [-0.3, -0.25) is 14.4 Å². The summed E-state index contributed by atoms with van der Waals surface area (Å²) in [4.78, 5) is 33.8. The Morgan fingerprint density at radius 2 is 1.67 bits per heavy atom. The molecule has 0 aliphatic carbocycles. The number of hydrogen-bond acceptors (Lipinski definition) is 6. The summed E-state index contributed by atoms with van der Waals surface area (Å²) in [6.45, 7) is 1.81. The fraction of sp³-hybridized carbons (Fsp3) is 0.850. The molecule has 0 spiro atoms. The minimum atomic E-state index is -1.04. The summed E-state index contributed by atoms with van der Waals surface area (Å²) >= 11 is 0. The van der Waals surface area contributed by atoms with E-state index in [-0.39, 0.29) is 24.9 Å². The molecule has 1 aliphatic rings. The number of cyclic esters (lactones) is 1. The topological polar surface area (TPSA) is 110 Å². The number of unbranched alkanes of at least 4 members (excludes halogenated alkanes) is 6. The van der Waals surface area contributed by atoms with Gasteiger partial charge in [0.1, 0.15) is 12.2 Å². The minimum Gasteiger partial charge on any atom is -0.481 e. The van der Waals surface area contributed by atoms with Gasteiger partial charge in [-0.05, 0) is 32.6 Å². The van der Waals surface area contributed by atoms with E-state index >= 15 is 0 Å². The van der Waals surface area contributed by atoms with E-state index in [0.717, 1.165) is 51.4 Å². The molecule has 0 amide bonds. The first kappa shape index (κ1) is 23.4. The zero-order valence-electron chi connectivity index (χ0n) is 16.4. The molecule has 1 rings (SSSR count). The van der Waals surface area contributed by atoms with Crippen LogP contribution in [0, 0.1) is 0 Å². The van der Waals surface area contributed by atoms with Crippen molar-refractivity contribution in [3.63, 3.8) is 0 Å². The molecular weight excluding hydrogens is 352 g/mol. The van der Waals surface area contributed by atoms with E-state index in [1.54, 1.807) is 0 Å². The fourth-order valence-corrected chi connectivity index (χ4v) is 3.24. The second-order valence-corrected chi connectivity index (χ2v) is 7.39. The summed E-state index contributed by atoms with van der Waals surface area (Å²) in [5, 5.41) is 17.9. The lowest BCUT2D eigenvalue weighted by Gasteiger charge is -2.22. The second-order valence-electron chi connectivity index (χ2n) is 7.39. The average molecular weight is 386 g/mol. The standard InChI is InChI=1S/C20H34O7/c1-15(21)9-7-5-3-2-4-6-8-10-16(17-11-13-19(24)27-17)26-20(25)14-12-18(22)23/h15-17,21H,2-14H2,1H3,(H,22,23)/t15-,16+,17-/m1/s1. The first-order valence-electron chi connectivity index (χ1n) is 10.2. The predicted octanol–water partition coefficient (Wildman–Crippen LogP) is 3.36. The van der Waals surface area contributed by atoms with E-state index in [9.17, 15) is 19.5 Å². The number of carboxylic acids is 1. The lowest BCUT2D eigenvalue weighted by atomic mass is 10.0. The van der Waals surface area contributed by atoms with E-state index < -0.39 is 24.1 Å². The molecule has 7 nitrogen and oxygen atoms in total. The van der Waals surface area contributed by atoms with E-state index in [0.29, 0.717) is 19.3 Å². The Balaban J connectivity index is 2.23. The summed E-state index contributed by atoms with van der Waals surface area (Å²) in [6.07, 6.45) is 8.28. The molecule has 0 aromatic rings. The van der Waals surface area contributed by atoms with Crippen molar-refractivity contribution in [3.8, 4) is 0 Å². The Hall–Kier alpha value is -1.63. The molecule has 0 unspecified atom stereocenters. The quantitative estimate of drug-likeness (QED) is 0.328. The Morgan fingerprint density at radius 1 is 1.07 bits per heavy atom. The van der Waals surface area contributed by atoms with Crippen LogP contribution in [0.5, 0.6) is 0 Å². The highest BCUT2D eigenvalue weighted by atomic mass is 16.6. The summed E-state index contributed by atoms with van der Waals surface area (Å²) in [5.74, 6) is -1.86. The zero-order chi connectivity index (χ0) is 20.1. The van der Waals surface area contributed by atoms with Crippen LogP contribution in [-0.4, -0.2) is 46.4 Å². The normalized spacial score (nSPS) is 18.7. The highest BCUT2D eigenvalue weighted by molar-refractivity contribution is 5.76. The van der Waals surface area contributed by atoms with Gasteiger partial charge in [0.2, 0.25) is 0 Å². The smallest absolute Gasteiger partial charge is 0.306 e. The van der Waals surface area contributed by atoms with Crippen LogP contribution in [0.1, 0.15) is 90.4 Å². The van der Waals surface area contributed by atoms with Gasteiger partial charge in [-0.1, -0.05) is 38.5 Å². The van der Waals surface area contributed by atoms with Crippen LogP contribution in [0.3, 0.4) is 0 Å². The van der Waals surface area contributed by atoms with Crippen LogP contribution in [0.2, 0.25) is 0 Å². The molecule has 0 bridgehead atoms. The van der Waals surface area contributed by atoms with Crippen molar-refractivity contribution in [2.75, 3.05) is 0 Å². The molecule has 0 aromatic carbocycles. The summed E-state index contributed by atoms with van der Waals surface area (Å²) < 4.78 is 10.7. The van der Waals surface area contributed by atoms with E-state index in [4.69, 9.17) is 14.6 Å². The summed E-state index contributed by atoms with van der Waals surface area (Å²) in [7, 11) is 0. The van der Waals surface area contributed by atoms with Crippen LogP contribution in [0.25, 0.3) is 0 Å². The predicted molar refractivity (Wildman–Crippen MR) is 99.1 cm³/mol. The number of esters is 2. The van der Waals surface area contributed by atoms with Crippen molar-refractivity contribution in [2.24, 2.45) is 0 Å². The number of ether oxygens (including phenoxy) is 2. The first-order valence-corrected chi connectivity index (χ1v) is 10.2. The number of rotatable bonds is 15. The van der Waals surface area contributed by atoms with Gasteiger partial charge in [0.15, 0.2) is 0 Å². The monoisotopic (exact) mass is 386 g/mol. The number of hydrogen-bond donors (Lipinski definition) is 2. The first-order chi connectivity index (χ1) is 12.9. The van der Waals surface area contributed by atoms with Gasteiger partial charge < -0.3 is 19.7 Å². The van der Waals surface area contributed by atoms with Gasteiger partial charge in [-0.25, -0.2) is 0 Å². The maximum Gasteiger partial charge on any atom is 0.306 e. The van der Waals surface area contributed by atoms with Gasteiger partial charge in [-0.15, -0.1) is 0 Å². The molecule has 0 saturated carbocycles. The Morgan fingerprint density at radius 3 is 2.19 bits per heavy atom. The van der Waals surface area contributed by atoms with Crippen LogP contribution in [0.15, 0.2) is 0 Å². The molecule has 0 aromatic heterocycles. The largest absolute Gasteiger partial charge is 0.481 e. The molecule has 1 aliphatic heterocycles. The van der Waals surface area contributed by atoms with Crippen LogP contribution in [0.4, 0.5) is 0 Å². The molecule has 2 N–H and O–H groups in total. The van der Waals surface area contributed by atoms with Crippen molar-refractivity contribution in [2.45, 2.75) is 109 Å². The van der Waals surface area contributed by atoms with Crippen LogP contribution >= 0.6 is 0 Å². The molecular formula is C20H34O7. The number of carboxylic acid groups (broad SMARTS) is 1.